The molecule has 1 saturated carbocycles. The fraction of sp³-hybridized carbons (Fsp3) is 0.529. The van der Waals surface area contributed by atoms with Crippen LogP contribution in [0.4, 0.5) is 0 Å². The fourth-order valence-corrected chi connectivity index (χ4v) is 3.10. The number of aryl methyl sites for hydroxylation is 1. The second-order valence-electron chi connectivity index (χ2n) is 5.71. The molecule has 3 nitrogen and oxygen atoms in total. The van der Waals surface area contributed by atoms with Crippen LogP contribution in [-0.2, 0) is 4.79 Å². The molecule has 0 radical (unpaired) electrons. The minimum atomic E-state index is -0.671. The molecular weight excluding hydrogens is 250 g/mol. The van der Waals surface area contributed by atoms with Gasteiger partial charge in [0.2, 0.25) is 0 Å². The van der Waals surface area contributed by atoms with Crippen LogP contribution in [0.15, 0.2) is 18.2 Å². The summed E-state index contributed by atoms with van der Waals surface area (Å²) in [5, 5.41) is 9.42. The summed E-state index contributed by atoms with van der Waals surface area (Å²) in [5.41, 5.74) is 1.76. The number of carbonyl (C=O) groups is 1. The van der Waals surface area contributed by atoms with Crippen molar-refractivity contribution in [1.29, 1.82) is 5.26 Å². The van der Waals surface area contributed by atoms with E-state index < -0.39 is 5.92 Å². The first-order valence-corrected chi connectivity index (χ1v) is 7.16. The normalized spacial score (nSPS) is 23.1. The van der Waals surface area contributed by atoms with Gasteiger partial charge in [-0.3, -0.25) is 4.79 Å². The molecule has 1 aromatic rings. The molecule has 1 aromatic carbocycles. The van der Waals surface area contributed by atoms with Crippen molar-refractivity contribution in [2.75, 3.05) is 7.11 Å². The standard InChI is InChI=1S/C17H21NO2/c1-11-5-4-6-14(11)17(19)15(10-18)13-8-7-12(2)16(9-13)20-3/h7-9,11,14-15H,4-6H2,1-3H3. The Bertz CT molecular complexity index is 544. The van der Waals surface area contributed by atoms with E-state index >= 15 is 0 Å². The zero-order valence-electron chi connectivity index (χ0n) is 12.3. The Labute approximate surface area is 120 Å². The van der Waals surface area contributed by atoms with Crippen molar-refractivity contribution in [2.24, 2.45) is 11.8 Å². The lowest BCUT2D eigenvalue weighted by molar-refractivity contribution is -0.124. The van der Waals surface area contributed by atoms with Crippen molar-refractivity contribution in [1.82, 2.24) is 0 Å². The summed E-state index contributed by atoms with van der Waals surface area (Å²) >= 11 is 0. The van der Waals surface area contributed by atoms with Gasteiger partial charge in [0.15, 0.2) is 5.78 Å². The van der Waals surface area contributed by atoms with Crippen LogP contribution in [0.3, 0.4) is 0 Å². The zero-order chi connectivity index (χ0) is 14.7. The van der Waals surface area contributed by atoms with Gasteiger partial charge in [-0.15, -0.1) is 0 Å². The van der Waals surface area contributed by atoms with Gasteiger partial charge in [0.25, 0.3) is 0 Å². The molecule has 1 aliphatic rings. The molecule has 3 unspecified atom stereocenters. The van der Waals surface area contributed by atoms with Gasteiger partial charge in [0, 0.05) is 5.92 Å². The van der Waals surface area contributed by atoms with Gasteiger partial charge in [0.05, 0.1) is 13.2 Å². The zero-order valence-corrected chi connectivity index (χ0v) is 12.3. The molecule has 0 aromatic heterocycles. The van der Waals surface area contributed by atoms with Gasteiger partial charge < -0.3 is 4.74 Å². The van der Waals surface area contributed by atoms with E-state index in [9.17, 15) is 10.1 Å². The number of nitrogens with zero attached hydrogens (tertiary/aromatic N) is 1. The molecule has 1 aliphatic carbocycles. The van der Waals surface area contributed by atoms with Crippen molar-refractivity contribution in [3.05, 3.63) is 29.3 Å². The van der Waals surface area contributed by atoms with Crippen LogP contribution in [-0.4, -0.2) is 12.9 Å². The van der Waals surface area contributed by atoms with Crippen LogP contribution < -0.4 is 4.74 Å². The number of nitriles is 1. The summed E-state index contributed by atoms with van der Waals surface area (Å²) in [5.74, 6) is 0.561. The molecule has 0 aliphatic heterocycles. The van der Waals surface area contributed by atoms with E-state index in [1.807, 2.05) is 25.1 Å². The number of benzene rings is 1. The molecular formula is C17H21NO2. The molecule has 0 heterocycles. The largest absolute Gasteiger partial charge is 0.496 e. The highest BCUT2D eigenvalue weighted by Gasteiger charge is 2.35. The quantitative estimate of drug-likeness (QED) is 0.840. The summed E-state index contributed by atoms with van der Waals surface area (Å²) in [4.78, 5) is 12.6. The van der Waals surface area contributed by atoms with Crippen LogP contribution in [0.1, 0.15) is 43.2 Å². The molecule has 106 valence electrons. The van der Waals surface area contributed by atoms with Crippen molar-refractivity contribution in [3.8, 4) is 11.8 Å². The Morgan fingerprint density at radius 1 is 1.45 bits per heavy atom. The van der Waals surface area contributed by atoms with E-state index in [0.29, 0.717) is 5.92 Å². The first-order valence-electron chi connectivity index (χ1n) is 7.16. The maximum absolute atomic E-state index is 12.6. The van der Waals surface area contributed by atoms with E-state index in [0.717, 1.165) is 36.1 Å². The van der Waals surface area contributed by atoms with Crippen LogP contribution >= 0.6 is 0 Å². The smallest absolute Gasteiger partial charge is 0.157 e. The van der Waals surface area contributed by atoms with Crippen molar-refractivity contribution in [2.45, 2.75) is 39.0 Å². The van der Waals surface area contributed by atoms with E-state index in [1.54, 1.807) is 7.11 Å². The minimum absolute atomic E-state index is 0.0342. The predicted octanol–water partition coefficient (Wildman–Crippen LogP) is 3.62. The summed E-state index contributed by atoms with van der Waals surface area (Å²) < 4.78 is 5.29. The Morgan fingerprint density at radius 2 is 2.20 bits per heavy atom. The summed E-state index contributed by atoms with van der Waals surface area (Å²) in [6, 6.07) is 7.77. The third-order valence-electron chi connectivity index (χ3n) is 4.41. The average molecular weight is 271 g/mol. The Hall–Kier alpha value is -1.82. The van der Waals surface area contributed by atoms with Gasteiger partial charge >= 0.3 is 0 Å². The fourth-order valence-electron chi connectivity index (χ4n) is 3.10. The molecule has 0 bridgehead atoms. The minimum Gasteiger partial charge on any atom is -0.496 e. The molecule has 3 atom stereocenters. The molecule has 20 heavy (non-hydrogen) atoms. The number of rotatable bonds is 4. The molecule has 2 rings (SSSR count). The third kappa shape index (κ3) is 2.70. The SMILES string of the molecule is COc1cc(C(C#N)C(=O)C2CCCC2C)ccc1C. The van der Waals surface area contributed by atoms with Gasteiger partial charge in [-0.1, -0.05) is 25.5 Å². The first-order chi connectivity index (χ1) is 9.58. The van der Waals surface area contributed by atoms with Crippen molar-refractivity contribution in [3.63, 3.8) is 0 Å². The predicted molar refractivity (Wildman–Crippen MR) is 77.6 cm³/mol. The van der Waals surface area contributed by atoms with Crippen LogP contribution in [0.5, 0.6) is 5.75 Å². The number of ether oxygens (including phenoxy) is 1. The second-order valence-corrected chi connectivity index (χ2v) is 5.71. The Morgan fingerprint density at radius 3 is 2.75 bits per heavy atom. The summed E-state index contributed by atoms with van der Waals surface area (Å²) in [6.45, 7) is 4.06. The highest BCUT2D eigenvalue weighted by molar-refractivity contribution is 5.90. The maximum Gasteiger partial charge on any atom is 0.157 e. The monoisotopic (exact) mass is 271 g/mol. The summed E-state index contributed by atoms with van der Waals surface area (Å²) in [7, 11) is 1.61. The number of hydrogen-bond acceptors (Lipinski definition) is 3. The van der Waals surface area contributed by atoms with Crippen molar-refractivity contribution >= 4 is 5.78 Å². The van der Waals surface area contributed by atoms with Gasteiger partial charge in [-0.25, -0.2) is 0 Å². The molecule has 0 amide bonds. The number of carbonyl (C=O) groups excluding carboxylic acids is 1. The average Bonchev–Trinajstić information content (AvgIpc) is 2.87. The lowest BCUT2D eigenvalue weighted by atomic mass is 9.83. The Kier molecular flexibility index (Phi) is 4.44. The van der Waals surface area contributed by atoms with Gasteiger partial charge in [-0.05, 0) is 42.9 Å². The number of methoxy groups -OCH3 is 1. The van der Waals surface area contributed by atoms with Gasteiger partial charge in [-0.2, -0.15) is 5.26 Å². The highest BCUT2D eigenvalue weighted by Crippen LogP contribution is 2.36. The van der Waals surface area contributed by atoms with Crippen LogP contribution in [0.25, 0.3) is 0 Å². The lowest BCUT2D eigenvalue weighted by Gasteiger charge is -2.18. The first kappa shape index (κ1) is 14.6. The highest BCUT2D eigenvalue weighted by atomic mass is 16.5. The third-order valence-corrected chi connectivity index (χ3v) is 4.41. The van der Waals surface area contributed by atoms with Crippen molar-refractivity contribution < 1.29 is 9.53 Å². The molecule has 0 saturated heterocycles. The van der Waals surface area contributed by atoms with E-state index in [4.69, 9.17) is 4.74 Å². The lowest BCUT2D eigenvalue weighted by Crippen LogP contribution is -2.23. The summed E-state index contributed by atoms with van der Waals surface area (Å²) in [6.07, 6.45) is 3.10. The van der Waals surface area contributed by atoms with E-state index in [2.05, 4.69) is 13.0 Å². The maximum atomic E-state index is 12.6. The molecule has 0 N–H and O–H groups in total. The molecule has 0 spiro atoms. The number of Topliss-reactive ketones (excluding diaryl/α,β-unsaturated/α-hetero) is 1. The van der Waals surface area contributed by atoms with E-state index in [-0.39, 0.29) is 11.7 Å². The topological polar surface area (TPSA) is 50.1 Å². The van der Waals surface area contributed by atoms with Crippen LogP contribution in [0.2, 0.25) is 0 Å². The molecule has 1 fully saturated rings. The number of ketones is 1. The van der Waals surface area contributed by atoms with Crippen LogP contribution in [0, 0.1) is 30.1 Å². The van der Waals surface area contributed by atoms with Gasteiger partial charge in [0.1, 0.15) is 11.7 Å². The van der Waals surface area contributed by atoms with E-state index in [1.165, 1.54) is 0 Å². The number of hydrogen-bond donors (Lipinski definition) is 0. The molecule has 3 heteroatoms. The second kappa shape index (κ2) is 6.09. The Balaban J connectivity index is 2.28.